The van der Waals surface area contributed by atoms with Crippen molar-refractivity contribution in [2.24, 2.45) is 0 Å². The first-order chi connectivity index (χ1) is 8.80. The third-order valence-electron chi connectivity index (χ3n) is 3.45. The molecule has 0 spiro atoms. The van der Waals surface area contributed by atoms with E-state index in [1.54, 1.807) is 30.2 Å². The largest absolute Gasteiger partial charge is 0.268 e. The predicted octanol–water partition coefficient (Wildman–Crippen LogP) is 1.23. The highest BCUT2D eigenvalue weighted by Crippen LogP contribution is 2.19. The Morgan fingerprint density at radius 3 is 2.21 bits per heavy atom. The Morgan fingerprint density at radius 1 is 1.26 bits per heavy atom. The van der Waals surface area contributed by atoms with E-state index in [4.69, 9.17) is 0 Å². The molecule has 0 saturated carbocycles. The molecule has 1 aliphatic heterocycles. The number of hydrogen-bond acceptors (Lipinski definition) is 4. The van der Waals surface area contributed by atoms with Gasteiger partial charge in [0.2, 0.25) is 0 Å². The first kappa shape index (κ1) is 16.2. The van der Waals surface area contributed by atoms with E-state index in [0.29, 0.717) is 6.42 Å². The molecule has 0 N–H and O–H groups in total. The van der Waals surface area contributed by atoms with E-state index in [1.165, 1.54) is 0 Å². The standard InChI is InChI=1S/C13H24N2O3S/c1-5-11(6-2)9-13(16)15(14(3)4)12-7-8-19(17,18)10-12/h9,12H,5-8,10H2,1-4H3. The van der Waals surface area contributed by atoms with Crippen LogP contribution >= 0.6 is 0 Å². The Hall–Kier alpha value is -0.880. The predicted molar refractivity (Wildman–Crippen MR) is 76.3 cm³/mol. The van der Waals surface area contributed by atoms with Crippen LogP contribution in [-0.4, -0.2) is 56.0 Å². The summed E-state index contributed by atoms with van der Waals surface area (Å²) in [7, 11) is 0.556. The Kier molecular flexibility index (Phi) is 5.55. The van der Waals surface area contributed by atoms with Gasteiger partial charge in [-0.2, -0.15) is 0 Å². The maximum atomic E-state index is 12.3. The molecule has 19 heavy (non-hydrogen) atoms. The zero-order valence-electron chi connectivity index (χ0n) is 12.2. The second kappa shape index (κ2) is 6.52. The minimum atomic E-state index is -2.99. The molecule has 1 atom stereocenters. The van der Waals surface area contributed by atoms with Crippen LogP contribution in [0.5, 0.6) is 0 Å². The molecule has 1 unspecified atom stereocenters. The number of allylic oxidation sites excluding steroid dienone is 1. The van der Waals surface area contributed by atoms with Crippen LogP contribution in [-0.2, 0) is 14.6 Å². The molecule has 0 aliphatic carbocycles. The van der Waals surface area contributed by atoms with Crippen LogP contribution in [0.2, 0.25) is 0 Å². The molecule has 6 heteroatoms. The maximum Gasteiger partial charge on any atom is 0.261 e. The van der Waals surface area contributed by atoms with E-state index in [1.807, 2.05) is 13.8 Å². The second-order valence-corrected chi connectivity index (χ2v) is 7.33. The van der Waals surface area contributed by atoms with Crippen LogP contribution in [0.4, 0.5) is 0 Å². The number of carbonyl (C=O) groups excluding carboxylic acids is 1. The lowest BCUT2D eigenvalue weighted by Gasteiger charge is -2.33. The number of amides is 1. The lowest BCUT2D eigenvalue weighted by molar-refractivity contribution is -0.143. The van der Waals surface area contributed by atoms with Gasteiger partial charge in [-0.15, -0.1) is 0 Å². The van der Waals surface area contributed by atoms with Crippen molar-refractivity contribution in [2.45, 2.75) is 39.2 Å². The fourth-order valence-electron chi connectivity index (χ4n) is 2.37. The molecular formula is C13H24N2O3S. The van der Waals surface area contributed by atoms with Crippen LogP contribution < -0.4 is 0 Å². The zero-order valence-corrected chi connectivity index (χ0v) is 13.0. The normalized spacial score (nSPS) is 21.4. The van der Waals surface area contributed by atoms with Crippen molar-refractivity contribution < 1.29 is 13.2 Å². The van der Waals surface area contributed by atoms with Gasteiger partial charge in [0.05, 0.1) is 17.5 Å². The van der Waals surface area contributed by atoms with Crippen molar-refractivity contribution in [1.82, 2.24) is 10.0 Å². The van der Waals surface area contributed by atoms with E-state index in [9.17, 15) is 13.2 Å². The van der Waals surface area contributed by atoms with Gasteiger partial charge in [-0.05, 0) is 19.3 Å². The topological polar surface area (TPSA) is 57.7 Å². The van der Waals surface area contributed by atoms with E-state index in [0.717, 1.165) is 18.4 Å². The summed E-state index contributed by atoms with van der Waals surface area (Å²) in [6, 6.07) is -0.237. The van der Waals surface area contributed by atoms with Gasteiger partial charge >= 0.3 is 0 Å². The average molecular weight is 288 g/mol. The highest BCUT2D eigenvalue weighted by atomic mass is 32.2. The van der Waals surface area contributed by atoms with Crippen molar-refractivity contribution >= 4 is 15.7 Å². The summed E-state index contributed by atoms with van der Waals surface area (Å²) in [5, 5.41) is 3.25. The lowest BCUT2D eigenvalue weighted by atomic mass is 10.1. The van der Waals surface area contributed by atoms with Gasteiger partial charge < -0.3 is 0 Å². The fourth-order valence-corrected chi connectivity index (χ4v) is 4.06. The van der Waals surface area contributed by atoms with Crippen molar-refractivity contribution in [3.63, 3.8) is 0 Å². The van der Waals surface area contributed by atoms with Crippen LogP contribution in [0.25, 0.3) is 0 Å². The van der Waals surface area contributed by atoms with Crippen molar-refractivity contribution in [3.05, 3.63) is 11.6 Å². The summed E-state index contributed by atoms with van der Waals surface area (Å²) in [5.41, 5.74) is 1.08. The summed E-state index contributed by atoms with van der Waals surface area (Å²) in [6.45, 7) is 4.03. The number of carbonyl (C=O) groups is 1. The molecule has 1 aliphatic rings. The minimum absolute atomic E-state index is 0.0678. The molecule has 0 radical (unpaired) electrons. The number of sulfone groups is 1. The summed E-state index contributed by atoms with van der Waals surface area (Å²) < 4.78 is 23.1. The molecule has 0 bridgehead atoms. The molecule has 5 nitrogen and oxygen atoms in total. The third kappa shape index (κ3) is 4.31. The smallest absolute Gasteiger partial charge is 0.261 e. The Bertz CT molecular complexity index is 449. The van der Waals surface area contributed by atoms with E-state index in [2.05, 4.69) is 0 Å². The van der Waals surface area contributed by atoms with Crippen molar-refractivity contribution in [1.29, 1.82) is 0 Å². The molecule has 1 rings (SSSR count). The summed E-state index contributed by atoms with van der Waals surface area (Å²) in [6.07, 6.45) is 3.84. The maximum absolute atomic E-state index is 12.3. The van der Waals surface area contributed by atoms with E-state index >= 15 is 0 Å². The highest BCUT2D eigenvalue weighted by molar-refractivity contribution is 7.91. The monoisotopic (exact) mass is 288 g/mol. The molecule has 1 fully saturated rings. The number of hydrazine groups is 1. The van der Waals surface area contributed by atoms with Gasteiger partial charge in [0, 0.05) is 20.2 Å². The Labute approximate surface area is 116 Å². The average Bonchev–Trinajstić information content (AvgIpc) is 2.66. The molecule has 1 amide bonds. The summed E-state index contributed by atoms with van der Waals surface area (Å²) >= 11 is 0. The zero-order chi connectivity index (χ0) is 14.6. The van der Waals surface area contributed by atoms with Crippen molar-refractivity contribution in [2.75, 3.05) is 25.6 Å². The Balaban J connectivity index is 2.90. The van der Waals surface area contributed by atoms with Crippen LogP contribution in [0.1, 0.15) is 33.1 Å². The van der Waals surface area contributed by atoms with E-state index in [-0.39, 0.29) is 23.5 Å². The van der Waals surface area contributed by atoms with Gasteiger partial charge in [-0.25, -0.2) is 13.4 Å². The van der Waals surface area contributed by atoms with Gasteiger partial charge in [-0.3, -0.25) is 9.80 Å². The number of nitrogens with zero attached hydrogens (tertiary/aromatic N) is 2. The van der Waals surface area contributed by atoms with E-state index < -0.39 is 9.84 Å². The quantitative estimate of drug-likeness (QED) is 0.564. The summed E-state index contributed by atoms with van der Waals surface area (Å²) in [5.74, 6) is 0.122. The van der Waals surface area contributed by atoms with Crippen molar-refractivity contribution in [3.8, 4) is 0 Å². The van der Waals surface area contributed by atoms with Gasteiger partial charge in [0.25, 0.3) is 5.91 Å². The molecule has 110 valence electrons. The SMILES string of the molecule is CCC(=CC(=O)N(C1CCS(=O)(=O)C1)N(C)C)CC. The molecule has 1 heterocycles. The van der Waals surface area contributed by atoms with Gasteiger partial charge in [0.15, 0.2) is 9.84 Å². The molecule has 1 saturated heterocycles. The minimum Gasteiger partial charge on any atom is -0.268 e. The molecule has 0 aromatic carbocycles. The highest BCUT2D eigenvalue weighted by Gasteiger charge is 2.35. The molecule has 0 aromatic rings. The molecule has 0 aromatic heterocycles. The lowest BCUT2D eigenvalue weighted by Crippen LogP contribution is -2.48. The summed E-state index contributed by atoms with van der Waals surface area (Å²) in [4.78, 5) is 12.3. The third-order valence-corrected chi connectivity index (χ3v) is 5.20. The molecular weight excluding hydrogens is 264 g/mol. The Morgan fingerprint density at radius 2 is 1.84 bits per heavy atom. The number of rotatable bonds is 5. The van der Waals surface area contributed by atoms with Crippen LogP contribution in [0, 0.1) is 0 Å². The fraction of sp³-hybridized carbons (Fsp3) is 0.769. The first-order valence-electron chi connectivity index (χ1n) is 6.71. The number of hydrogen-bond donors (Lipinski definition) is 0. The van der Waals surface area contributed by atoms with Gasteiger partial charge in [0.1, 0.15) is 0 Å². The second-order valence-electron chi connectivity index (χ2n) is 5.10. The van der Waals surface area contributed by atoms with Crippen LogP contribution in [0.3, 0.4) is 0 Å². The van der Waals surface area contributed by atoms with Crippen LogP contribution in [0.15, 0.2) is 11.6 Å². The first-order valence-corrected chi connectivity index (χ1v) is 8.53. The van der Waals surface area contributed by atoms with Gasteiger partial charge in [-0.1, -0.05) is 19.4 Å².